The van der Waals surface area contributed by atoms with E-state index in [1.165, 1.54) is 77.9 Å². The molecule has 0 saturated heterocycles. The van der Waals surface area contributed by atoms with Crippen LogP contribution in [0.4, 0.5) is 0 Å². The van der Waals surface area contributed by atoms with Crippen molar-refractivity contribution in [1.82, 2.24) is 0 Å². The van der Waals surface area contributed by atoms with Gasteiger partial charge in [0.25, 0.3) is 0 Å². The topological polar surface area (TPSA) is 0 Å². The Labute approximate surface area is 296 Å². The minimum atomic E-state index is 0.391. The molecular weight excluding hydrogens is 617 g/mol. The molecular formula is C46H46S2. The minimum absolute atomic E-state index is 0.391. The van der Waals surface area contributed by atoms with E-state index in [0.717, 1.165) is 12.8 Å². The number of rotatable bonds is 11. The third kappa shape index (κ3) is 7.83. The average Bonchev–Trinajstić information content (AvgIpc) is 3.10. The van der Waals surface area contributed by atoms with Gasteiger partial charge in [-0.25, -0.2) is 0 Å². The molecule has 0 aliphatic rings. The predicted molar refractivity (Wildman–Crippen MR) is 215 cm³/mol. The SMILES string of the molecule is CC[C@@H](SS[C@H](CC)c1ccc(-c2cccc(C)c2)c(-c2cccc(C)c2)c1)c1ccc(-c2cccc(C)c2)c(-c2cccc(C)c2)c1. The van der Waals surface area contributed by atoms with E-state index in [-0.39, 0.29) is 0 Å². The molecule has 0 spiro atoms. The summed E-state index contributed by atoms with van der Waals surface area (Å²) in [6.07, 6.45) is 2.15. The van der Waals surface area contributed by atoms with Crippen molar-refractivity contribution in [3.63, 3.8) is 0 Å². The van der Waals surface area contributed by atoms with Gasteiger partial charge >= 0.3 is 0 Å². The van der Waals surface area contributed by atoms with Crippen molar-refractivity contribution < 1.29 is 0 Å². The molecule has 6 aromatic carbocycles. The van der Waals surface area contributed by atoms with Crippen molar-refractivity contribution in [2.75, 3.05) is 0 Å². The van der Waals surface area contributed by atoms with Crippen LogP contribution >= 0.6 is 21.6 Å². The number of benzene rings is 6. The standard InChI is InChI=1S/C46H46S2/c1-7-45(39-21-23-41(35-17-9-13-31(3)25-35)43(29-39)37-19-11-15-33(5)27-37)47-48-46(8-2)40-22-24-42(36-18-10-14-32(4)26-36)44(30-40)38-20-12-16-34(6)28-38/h9-30,45-46H,7-8H2,1-6H3/t45-,46-/m1/s1. The Kier molecular flexibility index (Phi) is 10.9. The van der Waals surface area contributed by atoms with Crippen LogP contribution in [0.15, 0.2) is 133 Å². The van der Waals surface area contributed by atoms with Crippen LogP contribution < -0.4 is 0 Å². The quantitative estimate of drug-likeness (QED) is 0.127. The monoisotopic (exact) mass is 662 g/mol. The van der Waals surface area contributed by atoms with Crippen molar-refractivity contribution >= 4 is 21.6 Å². The van der Waals surface area contributed by atoms with Gasteiger partial charge in [0.1, 0.15) is 0 Å². The Hall–Kier alpha value is -3.98. The largest absolute Gasteiger partial charge is 0.0853 e. The zero-order chi connectivity index (χ0) is 33.6. The molecule has 48 heavy (non-hydrogen) atoms. The van der Waals surface area contributed by atoms with Crippen LogP contribution in [0.2, 0.25) is 0 Å². The Morgan fingerprint density at radius 1 is 0.375 bits per heavy atom. The summed E-state index contributed by atoms with van der Waals surface area (Å²) in [5.74, 6) is 0. The Morgan fingerprint density at radius 2 is 0.688 bits per heavy atom. The highest BCUT2D eigenvalue weighted by Crippen LogP contribution is 2.50. The van der Waals surface area contributed by atoms with Crippen molar-refractivity contribution in [2.24, 2.45) is 0 Å². The lowest BCUT2D eigenvalue weighted by Crippen LogP contribution is -1.97. The lowest BCUT2D eigenvalue weighted by atomic mass is 9.90. The van der Waals surface area contributed by atoms with Gasteiger partial charge < -0.3 is 0 Å². The summed E-state index contributed by atoms with van der Waals surface area (Å²) in [6.45, 7) is 13.4. The van der Waals surface area contributed by atoms with E-state index >= 15 is 0 Å². The molecule has 0 radical (unpaired) electrons. The van der Waals surface area contributed by atoms with E-state index in [0.29, 0.717) is 10.5 Å². The van der Waals surface area contributed by atoms with Crippen molar-refractivity contribution in [3.8, 4) is 44.5 Å². The van der Waals surface area contributed by atoms with Crippen molar-refractivity contribution in [1.29, 1.82) is 0 Å². The first-order valence-corrected chi connectivity index (χ1v) is 19.5. The predicted octanol–water partition coefficient (Wildman–Crippen LogP) is 14.6. The molecule has 242 valence electrons. The maximum atomic E-state index is 2.46. The summed E-state index contributed by atoms with van der Waals surface area (Å²) in [6, 6.07) is 50.0. The molecule has 0 nitrogen and oxygen atoms in total. The van der Waals surface area contributed by atoms with Crippen LogP contribution in [-0.4, -0.2) is 0 Å². The van der Waals surface area contributed by atoms with Gasteiger partial charge in [-0.1, -0.05) is 179 Å². The molecule has 0 fully saturated rings. The third-order valence-corrected chi connectivity index (χ3v) is 12.7. The van der Waals surface area contributed by atoms with Gasteiger partial charge in [-0.2, -0.15) is 0 Å². The zero-order valence-electron chi connectivity index (χ0n) is 29.1. The van der Waals surface area contributed by atoms with Gasteiger partial charge in [0.05, 0.1) is 0 Å². The summed E-state index contributed by atoms with van der Waals surface area (Å²) in [7, 11) is 4.07. The van der Waals surface area contributed by atoms with E-state index in [4.69, 9.17) is 0 Å². The first-order valence-electron chi connectivity index (χ1n) is 17.2. The Bertz CT molecular complexity index is 1870. The lowest BCUT2D eigenvalue weighted by Gasteiger charge is -2.22. The first-order chi connectivity index (χ1) is 23.3. The third-order valence-electron chi connectivity index (χ3n) is 9.18. The highest BCUT2D eigenvalue weighted by molar-refractivity contribution is 8.76. The molecule has 2 heteroatoms. The molecule has 0 amide bonds. The molecule has 0 bridgehead atoms. The molecule has 0 saturated carbocycles. The maximum absolute atomic E-state index is 2.46. The van der Waals surface area contributed by atoms with Crippen molar-refractivity contribution in [3.05, 3.63) is 167 Å². The molecule has 0 aromatic heterocycles. The second-order valence-corrected chi connectivity index (χ2v) is 15.8. The molecule has 6 aromatic rings. The zero-order valence-corrected chi connectivity index (χ0v) is 30.7. The minimum Gasteiger partial charge on any atom is -0.0853 e. The van der Waals surface area contributed by atoms with Crippen LogP contribution in [-0.2, 0) is 0 Å². The van der Waals surface area contributed by atoms with E-state index in [1.807, 2.05) is 21.6 Å². The van der Waals surface area contributed by atoms with Gasteiger partial charge in [-0.05, 0) is 108 Å². The van der Waals surface area contributed by atoms with Crippen molar-refractivity contribution in [2.45, 2.75) is 64.9 Å². The molecule has 0 aliphatic carbocycles. The second kappa shape index (κ2) is 15.5. The van der Waals surface area contributed by atoms with E-state index in [1.54, 1.807) is 0 Å². The normalized spacial score (nSPS) is 12.5. The smallest absolute Gasteiger partial charge is 0.0398 e. The number of hydrogen-bond acceptors (Lipinski definition) is 2. The summed E-state index contributed by atoms with van der Waals surface area (Å²) < 4.78 is 0. The fraction of sp³-hybridized carbons (Fsp3) is 0.217. The summed E-state index contributed by atoms with van der Waals surface area (Å²) in [5.41, 5.74) is 18.3. The van der Waals surface area contributed by atoms with Crippen LogP contribution in [0.1, 0.15) is 70.6 Å². The van der Waals surface area contributed by atoms with Gasteiger partial charge in [-0.15, -0.1) is 0 Å². The average molecular weight is 663 g/mol. The molecule has 0 N–H and O–H groups in total. The van der Waals surface area contributed by atoms with E-state index < -0.39 is 0 Å². The van der Waals surface area contributed by atoms with Crippen LogP contribution in [0.3, 0.4) is 0 Å². The fourth-order valence-corrected chi connectivity index (χ4v) is 9.95. The van der Waals surface area contributed by atoms with Crippen LogP contribution in [0.5, 0.6) is 0 Å². The van der Waals surface area contributed by atoms with Gasteiger partial charge in [0.2, 0.25) is 0 Å². The lowest BCUT2D eigenvalue weighted by molar-refractivity contribution is 0.894. The highest BCUT2D eigenvalue weighted by atomic mass is 33.1. The van der Waals surface area contributed by atoms with E-state index in [9.17, 15) is 0 Å². The highest BCUT2D eigenvalue weighted by Gasteiger charge is 2.20. The molecule has 0 aliphatic heterocycles. The van der Waals surface area contributed by atoms with Gasteiger partial charge in [0.15, 0.2) is 0 Å². The fourth-order valence-electron chi connectivity index (χ4n) is 6.61. The summed E-state index contributed by atoms with van der Waals surface area (Å²) >= 11 is 0. The summed E-state index contributed by atoms with van der Waals surface area (Å²) in [4.78, 5) is 0. The molecule has 0 unspecified atom stereocenters. The number of aryl methyl sites for hydroxylation is 4. The van der Waals surface area contributed by atoms with Gasteiger partial charge in [-0.3, -0.25) is 0 Å². The Balaban J connectivity index is 1.32. The second-order valence-electron chi connectivity index (χ2n) is 13.1. The Morgan fingerprint density at radius 3 is 0.979 bits per heavy atom. The maximum Gasteiger partial charge on any atom is 0.0398 e. The van der Waals surface area contributed by atoms with Crippen LogP contribution in [0.25, 0.3) is 44.5 Å². The molecule has 0 heterocycles. The number of hydrogen-bond donors (Lipinski definition) is 0. The molecule has 2 atom stereocenters. The molecule has 6 rings (SSSR count). The summed E-state index contributed by atoms with van der Waals surface area (Å²) in [5, 5.41) is 0.781. The van der Waals surface area contributed by atoms with E-state index in [2.05, 4.69) is 175 Å². The first kappa shape index (κ1) is 33.9. The van der Waals surface area contributed by atoms with Gasteiger partial charge in [0, 0.05) is 10.5 Å². The van der Waals surface area contributed by atoms with Crippen LogP contribution in [0, 0.1) is 27.7 Å².